The average Bonchev–Trinajstić information content (AvgIpc) is 3.15. The third-order valence-electron chi connectivity index (χ3n) is 5.61. The van der Waals surface area contributed by atoms with E-state index in [2.05, 4.69) is 5.32 Å². The second-order valence-corrected chi connectivity index (χ2v) is 9.82. The smallest absolute Gasteiger partial charge is 0.338 e. The van der Waals surface area contributed by atoms with E-state index in [9.17, 15) is 14.4 Å². The predicted octanol–water partition coefficient (Wildman–Crippen LogP) is 6.68. The van der Waals surface area contributed by atoms with Gasteiger partial charge in [0.1, 0.15) is 16.4 Å². The van der Waals surface area contributed by atoms with Crippen LogP contribution in [0.25, 0.3) is 0 Å². The van der Waals surface area contributed by atoms with Crippen molar-refractivity contribution in [2.75, 3.05) is 23.4 Å². The van der Waals surface area contributed by atoms with Crippen LogP contribution in [0, 0.1) is 0 Å². The summed E-state index contributed by atoms with van der Waals surface area (Å²) >= 11 is 7.19. The summed E-state index contributed by atoms with van der Waals surface area (Å²) in [7, 11) is 0. The summed E-state index contributed by atoms with van der Waals surface area (Å²) in [6, 6.07) is 20.4. The van der Waals surface area contributed by atoms with E-state index in [1.54, 1.807) is 60.7 Å². The van der Waals surface area contributed by atoms with E-state index in [1.807, 2.05) is 26.0 Å². The minimum Gasteiger partial charge on any atom is -0.492 e. The second-order valence-electron chi connectivity index (χ2n) is 8.30. The molecule has 0 saturated heterocycles. The molecule has 38 heavy (non-hydrogen) atoms. The van der Waals surface area contributed by atoms with Crippen LogP contribution in [0.4, 0.5) is 11.4 Å². The Morgan fingerprint density at radius 2 is 1.66 bits per heavy atom. The number of carbonyl (C=O) groups is 3. The fourth-order valence-electron chi connectivity index (χ4n) is 3.69. The standard InChI is InChI=1S/C29H27ClN2O5S/c1-3-5-18-37-29(35)19-10-14-21(15-11-19)32-27(33)25(31-23-8-6-7-9-24(23)36-4-2)26(28(32)34)38-22-16-12-20(30)13-17-22/h6-17,31H,3-5,18H2,1-2H3. The van der Waals surface area contributed by atoms with Crippen molar-refractivity contribution in [3.8, 4) is 5.75 Å². The van der Waals surface area contributed by atoms with E-state index in [0.717, 1.165) is 22.6 Å². The monoisotopic (exact) mass is 550 g/mol. The second kappa shape index (κ2) is 12.7. The van der Waals surface area contributed by atoms with Gasteiger partial charge in [0.15, 0.2) is 0 Å². The van der Waals surface area contributed by atoms with E-state index in [-0.39, 0.29) is 10.6 Å². The number of imide groups is 1. The van der Waals surface area contributed by atoms with Crippen LogP contribution in [0.5, 0.6) is 5.75 Å². The Labute approximate surface area is 230 Å². The Morgan fingerprint density at radius 3 is 2.34 bits per heavy atom. The molecule has 9 heteroatoms. The van der Waals surface area contributed by atoms with Gasteiger partial charge in [0.2, 0.25) is 0 Å². The van der Waals surface area contributed by atoms with Crippen molar-refractivity contribution in [2.24, 2.45) is 0 Å². The van der Waals surface area contributed by atoms with Gasteiger partial charge in [-0.3, -0.25) is 9.59 Å². The maximum absolute atomic E-state index is 13.7. The molecule has 3 aromatic rings. The molecule has 1 heterocycles. The highest BCUT2D eigenvalue weighted by Gasteiger charge is 2.40. The SMILES string of the molecule is CCCCOC(=O)c1ccc(N2C(=O)C(Nc3ccccc3OCC)=C(Sc3ccc(Cl)cc3)C2=O)cc1. The summed E-state index contributed by atoms with van der Waals surface area (Å²) in [4.78, 5) is 41.6. The van der Waals surface area contributed by atoms with Crippen molar-refractivity contribution in [3.63, 3.8) is 0 Å². The first-order valence-corrected chi connectivity index (χ1v) is 13.4. The van der Waals surface area contributed by atoms with E-state index >= 15 is 0 Å². The van der Waals surface area contributed by atoms with Gasteiger partial charge >= 0.3 is 5.97 Å². The average molecular weight is 551 g/mol. The van der Waals surface area contributed by atoms with Gasteiger partial charge in [0.05, 0.1) is 30.2 Å². The predicted molar refractivity (Wildman–Crippen MR) is 150 cm³/mol. The topological polar surface area (TPSA) is 84.9 Å². The lowest BCUT2D eigenvalue weighted by atomic mass is 10.2. The fraction of sp³-hybridized carbons (Fsp3) is 0.207. The zero-order valence-electron chi connectivity index (χ0n) is 21.0. The Kier molecular flexibility index (Phi) is 9.10. The molecule has 1 aliphatic heterocycles. The lowest BCUT2D eigenvalue weighted by Crippen LogP contribution is -2.32. The molecule has 0 aromatic heterocycles. The minimum atomic E-state index is -0.518. The number of thioether (sulfide) groups is 1. The van der Waals surface area contributed by atoms with Gasteiger partial charge in [-0.25, -0.2) is 9.69 Å². The molecule has 196 valence electrons. The van der Waals surface area contributed by atoms with Crippen LogP contribution in [-0.2, 0) is 14.3 Å². The van der Waals surface area contributed by atoms with Gasteiger partial charge < -0.3 is 14.8 Å². The van der Waals surface area contributed by atoms with E-state index in [1.165, 1.54) is 11.8 Å². The normalized spacial score (nSPS) is 13.2. The van der Waals surface area contributed by atoms with Crippen LogP contribution in [0.2, 0.25) is 5.02 Å². The van der Waals surface area contributed by atoms with Gasteiger partial charge in [0.25, 0.3) is 11.8 Å². The molecular weight excluding hydrogens is 524 g/mol. The molecule has 3 aromatic carbocycles. The number of rotatable bonds is 11. The van der Waals surface area contributed by atoms with E-state index < -0.39 is 17.8 Å². The first-order valence-electron chi connectivity index (χ1n) is 12.3. The van der Waals surface area contributed by atoms with Crippen molar-refractivity contribution < 1.29 is 23.9 Å². The van der Waals surface area contributed by atoms with Gasteiger partial charge in [-0.15, -0.1) is 0 Å². The molecule has 4 rings (SSSR count). The molecule has 0 radical (unpaired) electrons. The lowest BCUT2D eigenvalue weighted by molar-refractivity contribution is -0.120. The summed E-state index contributed by atoms with van der Waals surface area (Å²) in [6.07, 6.45) is 1.70. The quantitative estimate of drug-likeness (QED) is 0.162. The Bertz CT molecular complexity index is 1360. The number of anilines is 2. The number of ether oxygens (including phenoxy) is 2. The third kappa shape index (κ3) is 6.20. The molecule has 0 saturated carbocycles. The molecule has 0 spiro atoms. The molecule has 0 atom stereocenters. The molecular formula is C29H27ClN2O5S. The summed E-state index contributed by atoms with van der Waals surface area (Å²) < 4.78 is 11.0. The Hall–Kier alpha value is -3.75. The maximum atomic E-state index is 13.7. The largest absolute Gasteiger partial charge is 0.492 e. The number of hydrogen-bond donors (Lipinski definition) is 1. The highest BCUT2D eigenvalue weighted by atomic mass is 35.5. The number of carbonyl (C=O) groups excluding carboxylic acids is 3. The summed E-state index contributed by atoms with van der Waals surface area (Å²) in [5, 5.41) is 3.70. The van der Waals surface area contributed by atoms with Crippen molar-refractivity contribution in [1.82, 2.24) is 0 Å². The molecule has 0 fully saturated rings. The molecule has 7 nitrogen and oxygen atoms in total. The van der Waals surface area contributed by atoms with Crippen molar-refractivity contribution in [2.45, 2.75) is 31.6 Å². The molecule has 0 bridgehead atoms. The van der Waals surface area contributed by atoms with Crippen LogP contribution in [0.1, 0.15) is 37.0 Å². The Morgan fingerprint density at radius 1 is 0.947 bits per heavy atom. The summed E-state index contributed by atoms with van der Waals surface area (Å²) in [5.41, 5.74) is 1.38. The number of amides is 2. The van der Waals surface area contributed by atoms with Crippen LogP contribution in [-0.4, -0.2) is 31.0 Å². The van der Waals surface area contributed by atoms with Crippen LogP contribution >= 0.6 is 23.4 Å². The highest BCUT2D eigenvalue weighted by Crippen LogP contribution is 2.39. The van der Waals surface area contributed by atoms with Gasteiger partial charge in [-0.05, 0) is 74.0 Å². The number of halogens is 1. The van der Waals surface area contributed by atoms with Gasteiger partial charge in [-0.1, -0.05) is 48.8 Å². The zero-order chi connectivity index (χ0) is 27.1. The van der Waals surface area contributed by atoms with Crippen molar-refractivity contribution >= 4 is 52.5 Å². The number of nitrogens with one attached hydrogen (secondary N) is 1. The highest BCUT2D eigenvalue weighted by molar-refractivity contribution is 8.04. The molecule has 0 aliphatic carbocycles. The van der Waals surface area contributed by atoms with Crippen LogP contribution in [0.15, 0.2) is 88.3 Å². The third-order valence-corrected chi connectivity index (χ3v) is 6.96. The van der Waals surface area contributed by atoms with E-state index in [4.69, 9.17) is 21.1 Å². The number of unbranched alkanes of at least 4 members (excludes halogenated alkanes) is 1. The van der Waals surface area contributed by atoms with Crippen molar-refractivity contribution in [3.05, 3.63) is 94.0 Å². The van der Waals surface area contributed by atoms with E-state index in [0.29, 0.717) is 40.9 Å². The molecule has 1 aliphatic rings. The maximum Gasteiger partial charge on any atom is 0.338 e. The summed E-state index contributed by atoms with van der Waals surface area (Å²) in [5.74, 6) is -0.889. The molecule has 0 unspecified atom stereocenters. The Balaban J connectivity index is 1.65. The minimum absolute atomic E-state index is 0.130. The van der Waals surface area contributed by atoms with Crippen LogP contribution < -0.4 is 15.0 Å². The van der Waals surface area contributed by atoms with Gasteiger partial charge in [-0.2, -0.15) is 0 Å². The number of benzene rings is 3. The first kappa shape index (κ1) is 27.3. The van der Waals surface area contributed by atoms with Crippen molar-refractivity contribution in [1.29, 1.82) is 0 Å². The number of nitrogens with zero attached hydrogens (tertiary/aromatic N) is 1. The number of hydrogen-bond acceptors (Lipinski definition) is 7. The number of para-hydroxylation sites is 2. The first-order chi connectivity index (χ1) is 18.4. The fourth-order valence-corrected chi connectivity index (χ4v) is 4.75. The summed E-state index contributed by atoms with van der Waals surface area (Å²) in [6.45, 7) is 4.66. The number of esters is 1. The molecule has 2 amide bonds. The molecule has 1 N–H and O–H groups in total. The van der Waals surface area contributed by atoms with Gasteiger partial charge in [0, 0.05) is 9.92 Å². The van der Waals surface area contributed by atoms with Crippen LogP contribution in [0.3, 0.4) is 0 Å². The lowest BCUT2D eigenvalue weighted by Gasteiger charge is -2.16. The zero-order valence-corrected chi connectivity index (χ0v) is 22.6.